The van der Waals surface area contributed by atoms with Gasteiger partial charge in [0.15, 0.2) is 5.50 Å². The second kappa shape index (κ2) is 6.83. The molecule has 1 aromatic rings. The number of carbonyl (C=O) groups is 1. The van der Waals surface area contributed by atoms with Gasteiger partial charge in [0.25, 0.3) is 5.91 Å². The number of nitrogens with zero attached hydrogens (tertiary/aromatic N) is 5. The van der Waals surface area contributed by atoms with Crippen molar-refractivity contribution in [3.05, 3.63) is 46.2 Å². The molecule has 20 heavy (non-hydrogen) atoms. The van der Waals surface area contributed by atoms with Crippen molar-refractivity contribution < 1.29 is 4.79 Å². The van der Waals surface area contributed by atoms with Gasteiger partial charge in [-0.05, 0) is 30.0 Å². The summed E-state index contributed by atoms with van der Waals surface area (Å²) in [6, 6.07) is 5.52. The third-order valence-electron chi connectivity index (χ3n) is 2.76. The van der Waals surface area contributed by atoms with Gasteiger partial charge < -0.3 is 10.2 Å². The summed E-state index contributed by atoms with van der Waals surface area (Å²) >= 11 is 1.51. The van der Waals surface area contributed by atoms with E-state index in [2.05, 4.69) is 20.3 Å². The number of amides is 1. The van der Waals surface area contributed by atoms with Gasteiger partial charge in [0.2, 0.25) is 0 Å². The van der Waals surface area contributed by atoms with Gasteiger partial charge in [-0.2, -0.15) is 0 Å². The van der Waals surface area contributed by atoms with E-state index in [0.717, 1.165) is 5.69 Å². The van der Waals surface area contributed by atoms with Crippen LogP contribution in [0.15, 0.2) is 35.2 Å². The van der Waals surface area contributed by atoms with Crippen LogP contribution in [-0.2, 0) is 4.79 Å². The molecule has 0 saturated carbocycles. The Balaban J connectivity index is 2.15. The number of aromatic nitrogens is 1. The average Bonchev–Trinajstić information content (AvgIpc) is 2.77. The number of carbonyl (C=O) groups excluding carboxylic acids is 1. The molecule has 1 saturated heterocycles. The van der Waals surface area contributed by atoms with Gasteiger partial charge in [0.05, 0.1) is 5.69 Å². The van der Waals surface area contributed by atoms with Crippen LogP contribution in [0.25, 0.3) is 16.5 Å². The van der Waals surface area contributed by atoms with Crippen LogP contribution in [0.4, 0.5) is 0 Å². The van der Waals surface area contributed by atoms with Crippen molar-refractivity contribution >= 4 is 23.7 Å². The summed E-state index contributed by atoms with van der Waals surface area (Å²) in [5, 5.41) is 6.61. The first-order valence-corrected chi connectivity index (χ1v) is 7.29. The van der Waals surface area contributed by atoms with Gasteiger partial charge in [-0.3, -0.25) is 9.78 Å². The van der Waals surface area contributed by atoms with Crippen LogP contribution in [0.3, 0.4) is 0 Å². The van der Waals surface area contributed by atoms with E-state index in [9.17, 15) is 4.79 Å². The first-order chi connectivity index (χ1) is 9.76. The Kier molecular flexibility index (Phi) is 4.86. The summed E-state index contributed by atoms with van der Waals surface area (Å²) in [6.07, 6.45) is 5.31. The molecule has 1 amide bonds. The Labute approximate surface area is 120 Å². The fourth-order valence-corrected chi connectivity index (χ4v) is 2.55. The van der Waals surface area contributed by atoms with Gasteiger partial charge >= 0.3 is 0 Å². The summed E-state index contributed by atoms with van der Waals surface area (Å²) in [5.41, 5.74) is 9.37. The van der Waals surface area contributed by atoms with E-state index in [1.165, 1.54) is 11.8 Å². The maximum atomic E-state index is 12.3. The third-order valence-corrected chi connectivity index (χ3v) is 3.58. The van der Waals surface area contributed by atoms with Crippen molar-refractivity contribution in [3.8, 4) is 0 Å². The number of rotatable bonds is 5. The topological polar surface area (TPSA) is 94.0 Å². The fourth-order valence-electron chi connectivity index (χ4n) is 1.85. The highest BCUT2D eigenvalue weighted by Crippen LogP contribution is 2.22. The lowest BCUT2D eigenvalue weighted by Crippen LogP contribution is -2.36. The minimum atomic E-state index is -0.147. The molecule has 1 aliphatic heterocycles. The molecule has 1 unspecified atom stereocenters. The van der Waals surface area contributed by atoms with E-state index in [1.54, 1.807) is 17.2 Å². The average molecular weight is 290 g/mol. The molecule has 8 heteroatoms. The molecule has 2 heterocycles. The van der Waals surface area contributed by atoms with Gasteiger partial charge in [0, 0.05) is 24.2 Å². The monoisotopic (exact) mass is 290 g/mol. The van der Waals surface area contributed by atoms with Gasteiger partial charge in [-0.25, -0.2) is 0 Å². The molecule has 0 radical (unpaired) electrons. The highest BCUT2D eigenvalue weighted by Gasteiger charge is 2.33. The normalized spacial score (nSPS) is 19.9. The minimum absolute atomic E-state index is 0.108. The van der Waals surface area contributed by atoms with Crippen LogP contribution >= 0.6 is 11.8 Å². The first kappa shape index (κ1) is 14.2. The number of pyridine rings is 1. The van der Waals surface area contributed by atoms with E-state index in [1.807, 2.05) is 24.5 Å². The van der Waals surface area contributed by atoms with Crippen molar-refractivity contribution in [2.24, 2.45) is 5.11 Å². The summed E-state index contributed by atoms with van der Waals surface area (Å²) in [6.45, 7) is 0.652. The van der Waals surface area contributed by atoms with Gasteiger partial charge in [-0.1, -0.05) is 11.2 Å². The molecule has 7 nitrogen and oxygen atoms in total. The van der Waals surface area contributed by atoms with E-state index >= 15 is 0 Å². The lowest BCUT2D eigenvalue weighted by atomic mass is 10.3. The van der Waals surface area contributed by atoms with Crippen molar-refractivity contribution in [1.82, 2.24) is 15.2 Å². The van der Waals surface area contributed by atoms with E-state index in [4.69, 9.17) is 5.53 Å². The lowest BCUT2D eigenvalue weighted by molar-refractivity contribution is -0.125. The van der Waals surface area contributed by atoms with Crippen LogP contribution < -0.4 is 5.32 Å². The number of hydrogen-bond acceptors (Lipinski definition) is 5. The van der Waals surface area contributed by atoms with E-state index in [-0.39, 0.29) is 17.9 Å². The van der Waals surface area contributed by atoms with Gasteiger partial charge in [0.1, 0.15) is 5.70 Å². The van der Waals surface area contributed by atoms with Crippen LogP contribution in [0.1, 0.15) is 5.69 Å². The molecule has 1 aromatic heterocycles. The quantitative estimate of drug-likeness (QED) is 0.387. The van der Waals surface area contributed by atoms with Crippen molar-refractivity contribution in [2.75, 3.05) is 19.3 Å². The molecular formula is C12H14N6OS. The Morgan fingerprint density at radius 1 is 1.65 bits per heavy atom. The molecule has 104 valence electrons. The molecule has 0 spiro atoms. The van der Waals surface area contributed by atoms with Crippen molar-refractivity contribution in [1.29, 1.82) is 0 Å². The Morgan fingerprint density at radius 3 is 3.15 bits per heavy atom. The van der Waals surface area contributed by atoms with E-state index < -0.39 is 0 Å². The Hall–Kier alpha value is -2.18. The van der Waals surface area contributed by atoms with Crippen molar-refractivity contribution in [2.45, 2.75) is 5.50 Å². The zero-order valence-electron chi connectivity index (χ0n) is 10.9. The molecule has 1 atom stereocenters. The standard InChI is InChI=1S/C12H14N6OS/c1-20-12-16-10(8-9-4-2-3-5-14-9)11(19)18(12)7-6-15-17-13/h2-5,8,12,16H,6-7H2,1H3/b10-8-. The predicted octanol–water partition coefficient (Wildman–Crippen LogP) is 1.81. The van der Waals surface area contributed by atoms with Crippen LogP contribution in [-0.4, -0.2) is 40.6 Å². The summed E-state index contributed by atoms with van der Waals surface area (Å²) in [7, 11) is 0. The third kappa shape index (κ3) is 3.23. The highest BCUT2D eigenvalue weighted by atomic mass is 32.2. The number of hydrogen-bond donors (Lipinski definition) is 1. The van der Waals surface area contributed by atoms with Crippen molar-refractivity contribution in [3.63, 3.8) is 0 Å². The number of nitrogens with one attached hydrogen (secondary N) is 1. The summed E-state index contributed by atoms with van der Waals surface area (Å²) in [5.74, 6) is -0.108. The molecule has 0 bridgehead atoms. The smallest absolute Gasteiger partial charge is 0.272 e. The zero-order chi connectivity index (χ0) is 14.4. The molecule has 1 fully saturated rings. The molecule has 0 aliphatic carbocycles. The molecule has 2 rings (SSSR count). The Morgan fingerprint density at radius 2 is 2.50 bits per heavy atom. The zero-order valence-corrected chi connectivity index (χ0v) is 11.7. The first-order valence-electron chi connectivity index (χ1n) is 6.00. The molecule has 1 aliphatic rings. The largest absolute Gasteiger partial charge is 0.352 e. The van der Waals surface area contributed by atoms with E-state index in [0.29, 0.717) is 12.2 Å². The van der Waals surface area contributed by atoms with Gasteiger partial charge in [-0.15, -0.1) is 11.8 Å². The number of azide groups is 1. The molecule has 0 aromatic carbocycles. The lowest BCUT2D eigenvalue weighted by Gasteiger charge is -2.20. The SMILES string of the molecule is CSC1N/C(=C\c2ccccn2)C(=O)N1CCN=[N+]=[N-]. The highest BCUT2D eigenvalue weighted by molar-refractivity contribution is 7.99. The summed E-state index contributed by atoms with van der Waals surface area (Å²) < 4.78 is 0. The van der Waals surface area contributed by atoms with Crippen LogP contribution in [0.5, 0.6) is 0 Å². The molecular weight excluding hydrogens is 276 g/mol. The second-order valence-corrected chi connectivity index (χ2v) is 4.92. The fraction of sp³-hybridized carbons (Fsp3) is 0.333. The van der Waals surface area contributed by atoms with Crippen LogP contribution in [0, 0.1) is 0 Å². The summed E-state index contributed by atoms with van der Waals surface area (Å²) in [4.78, 5) is 20.8. The maximum Gasteiger partial charge on any atom is 0.272 e. The second-order valence-electron chi connectivity index (χ2n) is 4.00. The predicted molar refractivity (Wildman–Crippen MR) is 78.4 cm³/mol. The molecule has 1 N–H and O–H groups in total. The number of thioether (sulfide) groups is 1. The van der Waals surface area contributed by atoms with Crippen LogP contribution in [0.2, 0.25) is 0 Å². The maximum absolute atomic E-state index is 12.3. The Bertz CT molecular complexity index is 554. The minimum Gasteiger partial charge on any atom is -0.352 e.